The van der Waals surface area contributed by atoms with Gasteiger partial charge in [-0.15, -0.1) is 4.40 Å². The van der Waals surface area contributed by atoms with Crippen LogP contribution in [0.25, 0.3) is 0 Å². The van der Waals surface area contributed by atoms with Crippen molar-refractivity contribution in [2.24, 2.45) is 15.7 Å². The molecule has 3 aliphatic heterocycles. The molecule has 37 heavy (non-hydrogen) atoms. The topological polar surface area (TPSA) is 145 Å². The number of anilines is 2. The summed E-state index contributed by atoms with van der Waals surface area (Å²) in [6, 6.07) is 9.60. The first-order valence-electron chi connectivity index (χ1n) is 11.8. The van der Waals surface area contributed by atoms with Crippen LogP contribution in [0.5, 0.6) is 0 Å². The molecule has 1 amide bonds. The third-order valence-corrected chi connectivity index (χ3v) is 9.33. The summed E-state index contributed by atoms with van der Waals surface area (Å²) in [4.78, 5) is 15.0. The monoisotopic (exact) mass is 550 g/mol. The lowest BCUT2D eigenvalue weighted by atomic mass is 9.65. The average Bonchev–Trinajstić information content (AvgIpc) is 3.30. The predicted molar refractivity (Wildman–Crippen MR) is 136 cm³/mol. The van der Waals surface area contributed by atoms with Gasteiger partial charge in [-0.25, -0.2) is 12.8 Å². The van der Waals surface area contributed by atoms with E-state index in [1.807, 2.05) is 6.92 Å². The standard InChI is InChI=1S/C24H27FN4O6S2/c1-24(13-14-5-7-15(25)8-6-14)19-4-3-11-29(19)23(31)20(21(24)30)22-26-17-10-9-16(27-36(2,32)33)12-18(17)37(34,35)28-22/h5-10,12,19-21,27,30H,3-4,11,13H2,1-2H3,(H,26,28). The molecule has 198 valence electrons. The van der Waals surface area contributed by atoms with E-state index in [2.05, 4.69) is 14.4 Å². The molecular formula is C24H27FN4O6S2. The van der Waals surface area contributed by atoms with Crippen LogP contribution in [-0.4, -0.2) is 63.5 Å². The van der Waals surface area contributed by atoms with Crippen LogP contribution in [0.15, 0.2) is 51.8 Å². The van der Waals surface area contributed by atoms with E-state index in [1.165, 1.54) is 24.3 Å². The van der Waals surface area contributed by atoms with E-state index in [0.717, 1.165) is 24.3 Å². The Morgan fingerprint density at radius 1 is 1.24 bits per heavy atom. The Kier molecular flexibility index (Phi) is 6.07. The number of aliphatic hydroxyl groups is 1. The maximum absolute atomic E-state index is 13.6. The predicted octanol–water partition coefficient (Wildman–Crippen LogP) is 1.94. The fourth-order valence-electron chi connectivity index (χ4n) is 5.73. The highest BCUT2D eigenvalue weighted by molar-refractivity contribution is 7.92. The fraction of sp³-hybridized carbons (Fsp3) is 0.417. The second-order valence-electron chi connectivity index (χ2n) is 10.1. The van der Waals surface area contributed by atoms with E-state index in [-0.39, 0.29) is 34.0 Å². The highest BCUT2D eigenvalue weighted by atomic mass is 32.2. The summed E-state index contributed by atoms with van der Waals surface area (Å²) in [5, 5.41) is 14.5. The van der Waals surface area contributed by atoms with Crippen molar-refractivity contribution in [2.45, 2.75) is 43.2 Å². The minimum absolute atomic E-state index is 0.0471. The summed E-state index contributed by atoms with van der Waals surface area (Å²) in [6.07, 6.45) is 1.44. The van der Waals surface area contributed by atoms with Gasteiger partial charge in [-0.05, 0) is 55.2 Å². The Bertz CT molecular complexity index is 1510. The number of hydrogen-bond acceptors (Lipinski definition) is 7. The number of fused-ring (bicyclic) bond motifs is 2. The smallest absolute Gasteiger partial charge is 0.286 e. The zero-order valence-corrected chi connectivity index (χ0v) is 21.8. The third-order valence-electron chi connectivity index (χ3n) is 7.39. The SMILES string of the molecule is CC1(Cc2ccc(F)cc2)C(O)C(C2=NS(=O)(=O)c3cc(NS(C)(=O)=O)ccc3N2)C(=O)N2CCCC21. The van der Waals surface area contributed by atoms with Crippen molar-refractivity contribution < 1.29 is 31.1 Å². The zero-order chi connectivity index (χ0) is 26.8. The van der Waals surface area contributed by atoms with Gasteiger partial charge in [0.25, 0.3) is 10.0 Å². The molecule has 10 nitrogen and oxygen atoms in total. The summed E-state index contributed by atoms with van der Waals surface area (Å²) in [5.74, 6) is -2.25. The van der Waals surface area contributed by atoms with Crippen molar-refractivity contribution in [2.75, 3.05) is 22.8 Å². The first-order valence-corrected chi connectivity index (χ1v) is 15.1. The van der Waals surface area contributed by atoms with Crippen LogP contribution in [0.4, 0.5) is 15.8 Å². The molecule has 3 heterocycles. The van der Waals surface area contributed by atoms with Crippen LogP contribution in [0.2, 0.25) is 0 Å². The second kappa shape index (κ2) is 8.77. The first kappa shape index (κ1) is 25.6. The summed E-state index contributed by atoms with van der Waals surface area (Å²) in [5.41, 5.74) is 0.0914. The van der Waals surface area contributed by atoms with Gasteiger partial charge in [-0.3, -0.25) is 9.52 Å². The number of carbonyl (C=O) groups excluding carboxylic acids is 1. The number of aliphatic hydroxyl groups excluding tert-OH is 1. The third kappa shape index (κ3) is 4.59. The summed E-state index contributed by atoms with van der Waals surface area (Å²) in [7, 11) is -7.96. The number of nitrogens with one attached hydrogen (secondary N) is 2. The molecule has 2 aromatic carbocycles. The van der Waals surface area contributed by atoms with E-state index in [1.54, 1.807) is 17.0 Å². The van der Waals surface area contributed by atoms with E-state index >= 15 is 0 Å². The normalized spacial score (nSPS) is 28.6. The molecule has 5 rings (SSSR count). The van der Waals surface area contributed by atoms with Crippen LogP contribution < -0.4 is 10.0 Å². The first-order chi connectivity index (χ1) is 17.3. The van der Waals surface area contributed by atoms with Gasteiger partial charge in [0.1, 0.15) is 22.5 Å². The number of carbonyl (C=O) groups is 1. The average molecular weight is 551 g/mol. The molecular weight excluding hydrogens is 523 g/mol. The van der Waals surface area contributed by atoms with E-state index in [4.69, 9.17) is 0 Å². The van der Waals surface area contributed by atoms with E-state index in [9.17, 15) is 31.1 Å². The number of amides is 1. The van der Waals surface area contributed by atoms with Crippen molar-refractivity contribution in [3.05, 3.63) is 53.8 Å². The van der Waals surface area contributed by atoms with Gasteiger partial charge in [-0.2, -0.15) is 8.42 Å². The summed E-state index contributed by atoms with van der Waals surface area (Å²) in [6.45, 7) is 2.33. The van der Waals surface area contributed by atoms with Crippen molar-refractivity contribution >= 4 is 43.2 Å². The summed E-state index contributed by atoms with van der Waals surface area (Å²) >= 11 is 0. The minimum atomic E-state index is -4.32. The molecule has 0 radical (unpaired) electrons. The molecule has 13 heteroatoms. The van der Waals surface area contributed by atoms with Gasteiger partial charge >= 0.3 is 0 Å². The molecule has 2 saturated heterocycles. The molecule has 4 unspecified atom stereocenters. The van der Waals surface area contributed by atoms with Crippen LogP contribution in [0, 0.1) is 17.2 Å². The number of sulfonamides is 2. The lowest BCUT2D eigenvalue weighted by Gasteiger charge is -2.51. The Morgan fingerprint density at radius 3 is 2.62 bits per heavy atom. The molecule has 4 atom stereocenters. The summed E-state index contributed by atoms with van der Waals surface area (Å²) < 4.78 is 69.0. The molecule has 0 aromatic heterocycles. The van der Waals surface area contributed by atoms with Gasteiger partial charge in [0.2, 0.25) is 15.9 Å². The van der Waals surface area contributed by atoms with Crippen LogP contribution in [0.3, 0.4) is 0 Å². The molecule has 2 fully saturated rings. The number of amidine groups is 1. The zero-order valence-electron chi connectivity index (χ0n) is 20.2. The van der Waals surface area contributed by atoms with Gasteiger partial charge in [0.15, 0.2) is 0 Å². The number of hydrogen-bond donors (Lipinski definition) is 3. The molecule has 2 aromatic rings. The maximum Gasteiger partial charge on any atom is 0.286 e. The number of rotatable bonds is 5. The molecule has 0 saturated carbocycles. The lowest BCUT2D eigenvalue weighted by molar-refractivity contribution is -0.157. The van der Waals surface area contributed by atoms with Gasteiger partial charge in [0, 0.05) is 23.7 Å². The van der Waals surface area contributed by atoms with Crippen LogP contribution >= 0.6 is 0 Å². The van der Waals surface area contributed by atoms with Crippen molar-refractivity contribution in [3.63, 3.8) is 0 Å². The molecule has 3 aliphatic rings. The highest BCUT2D eigenvalue weighted by Crippen LogP contribution is 2.47. The maximum atomic E-state index is 13.6. The Balaban J connectivity index is 1.53. The molecule has 3 N–H and O–H groups in total. The Hall–Kier alpha value is -3.03. The lowest BCUT2D eigenvalue weighted by Crippen LogP contribution is -2.65. The Labute approximate surface area is 214 Å². The van der Waals surface area contributed by atoms with Crippen molar-refractivity contribution in [3.8, 4) is 0 Å². The van der Waals surface area contributed by atoms with Gasteiger partial charge in [-0.1, -0.05) is 19.1 Å². The number of benzene rings is 2. The number of nitrogens with zero attached hydrogens (tertiary/aromatic N) is 2. The van der Waals surface area contributed by atoms with Crippen LogP contribution in [0.1, 0.15) is 25.3 Å². The van der Waals surface area contributed by atoms with Crippen LogP contribution in [-0.2, 0) is 31.3 Å². The van der Waals surface area contributed by atoms with Gasteiger partial charge in [0.05, 0.1) is 18.0 Å². The quantitative estimate of drug-likeness (QED) is 0.516. The molecule has 0 spiro atoms. The van der Waals surface area contributed by atoms with Crippen molar-refractivity contribution in [1.29, 1.82) is 0 Å². The number of halogens is 1. The Morgan fingerprint density at radius 2 is 1.95 bits per heavy atom. The highest BCUT2D eigenvalue weighted by Gasteiger charge is 2.58. The van der Waals surface area contributed by atoms with Crippen molar-refractivity contribution in [1.82, 2.24) is 4.90 Å². The fourth-order valence-corrected chi connectivity index (χ4v) is 7.47. The number of piperidine rings is 1. The second-order valence-corrected chi connectivity index (χ2v) is 13.4. The van der Waals surface area contributed by atoms with E-state index in [0.29, 0.717) is 19.4 Å². The largest absolute Gasteiger partial charge is 0.391 e. The van der Waals surface area contributed by atoms with E-state index < -0.39 is 43.4 Å². The molecule has 0 aliphatic carbocycles. The minimum Gasteiger partial charge on any atom is -0.391 e. The van der Waals surface area contributed by atoms with Gasteiger partial charge < -0.3 is 15.3 Å². The molecule has 0 bridgehead atoms.